The van der Waals surface area contributed by atoms with Gasteiger partial charge in [-0.25, -0.2) is 9.50 Å². The highest BCUT2D eigenvalue weighted by atomic mass is 16.5. The molecule has 1 aliphatic carbocycles. The van der Waals surface area contributed by atoms with Gasteiger partial charge in [-0.15, -0.1) is 0 Å². The Morgan fingerprint density at radius 1 is 1.35 bits per heavy atom. The first-order valence-electron chi connectivity index (χ1n) is 9.18. The van der Waals surface area contributed by atoms with Crippen LogP contribution in [0, 0.1) is 0 Å². The van der Waals surface area contributed by atoms with Crippen molar-refractivity contribution in [3.63, 3.8) is 0 Å². The van der Waals surface area contributed by atoms with E-state index in [4.69, 9.17) is 9.84 Å². The van der Waals surface area contributed by atoms with E-state index in [1.807, 2.05) is 0 Å². The Labute approximate surface area is 152 Å². The molecule has 3 rings (SSSR count). The zero-order chi connectivity index (χ0) is 18.4. The molecule has 3 N–H and O–H groups in total. The summed E-state index contributed by atoms with van der Waals surface area (Å²) in [6.07, 6.45) is 10.5. The van der Waals surface area contributed by atoms with E-state index in [2.05, 4.69) is 15.4 Å². The molecule has 1 amide bonds. The van der Waals surface area contributed by atoms with Crippen LogP contribution >= 0.6 is 0 Å². The van der Waals surface area contributed by atoms with Gasteiger partial charge in [-0.3, -0.25) is 4.79 Å². The van der Waals surface area contributed by atoms with E-state index >= 15 is 0 Å². The Bertz CT molecular complexity index is 727. The van der Waals surface area contributed by atoms with Gasteiger partial charge < -0.3 is 20.3 Å². The van der Waals surface area contributed by atoms with E-state index < -0.39 is 6.10 Å². The predicted molar refractivity (Wildman–Crippen MR) is 94.9 cm³/mol. The van der Waals surface area contributed by atoms with E-state index in [0.29, 0.717) is 17.6 Å². The lowest BCUT2D eigenvalue weighted by Gasteiger charge is -2.23. The van der Waals surface area contributed by atoms with Crippen LogP contribution in [0.2, 0.25) is 0 Å². The lowest BCUT2D eigenvalue weighted by Crippen LogP contribution is -2.35. The number of carbonyl (C=O) groups excluding carboxylic acids is 1. The molecule has 8 heteroatoms. The number of nitrogens with zero attached hydrogens (tertiary/aromatic N) is 3. The maximum absolute atomic E-state index is 12.3. The molecule has 2 aromatic heterocycles. The Hall–Kier alpha value is -2.03. The number of hydrogen-bond acceptors (Lipinski definition) is 6. The van der Waals surface area contributed by atoms with Crippen LogP contribution in [0.15, 0.2) is 18.6 Å². The van der Waals surface area contributed by atoms with Crippen LogP contribution in [0.25, 0.3) is 5.65 Å². The van der Waals surface area contributed by atoms with Crippen LogP contribution in [0.4, 0.5) is 0 Å². The number of aromatic nitrogens is 3. The van der Waals surface area contributed by atoms with Crippen molar-refractivity contribution in [3.05, 3.63) is 29.7 Å². The molecule has 0 unspecified atom stereocenters. The minimum atomic E-state index is -0.744. The standard InChI is InChI=1S/C18H26N4O4/c23-7-6-13-8-19-17-16(10-21-22(17)11-13)18(25)20-9-14(24)12-26-15-4-2-1-3-5-15/h8,10-11,14-15,23-24H,1-7,9,12H2,(H,20,25)/t14-/m0/s1. The van der Waals surface area contributed by atoms with Gasteiger partial charge in [0.05, 0.1) is 25.0 Å². The molecule has 0 spiro atoms. The molecule has 26 heavy (non-hydrogen) atoms. The second-order valence-electron chi connectivity index (χ2n) is 6.72. The van der Waals surface area contributed by atoms with Gasteiger partial charge in [0.25, 0.3) is 5.91 Å². The lowest BCUT2D eigenvalue weighted by molar-refractivity contribution is -0.0225. The minimum Gasteiger partial charge on any atom is -0.396 e. The highest BCUT2D eigenvalue weighted by Gasteiger charge is 2.18. The topological polar surface area (TPSA) is 109 Å². The lowest BCUT2D eigenvalue weighted by atomic mass is 9.98. The molecule has 0 bridgehead atoms. The number of aliphatic hydroxyl groups is 2. The number of amides is 1. The number of rotatable bonds is 8. The number of aliphatic hydroxyl groups excluding tert-OH is 2. The summed E-state index contributed by atoms with van der Waals surface area (Å²) in [5.74, 6) is -0.334. The minimum absolute atomic E-state index is 0.0304. The molecule has 142 valence electrons. The third kappa shape index (κ3) is 4.78. The average Bonchev–Trinajstić information content (AvgIpc) is 3.09. The van der Waals surface area contributed by atoms with Crippen molar-refractivity contribution in [2.45, 2.75) is 50.7 Å². The quantitative estimate of drug-likeness (QED) is 0.638. The molecule has 0 saturated heterocycles. The van der Waals surface area contributed by atoms with Crippen LogP contribution in [0.1, 0.15) is 48.0 Å². The summed E-state index contributed by atoms with van der Waals surface area (Å²) in [7, 11) is 0. The third-order valence-electron chi connectivity index (χ3n) is 4.63. The number of nitrogens with one attached hydrogen (secondary N) is 1. The Balaban J connectivity index is 1.50. The molecule has 2 heterocycles. The van der Waals surface area contributed by atoms with Gasteiger partial charge in [0, 0.05) is 25.5 Å². The molecule has 0 aliphatic heterocycles. The summed E-state index contributed by atoms with van der Waals surface area (Å²) < 4.78 is 7.24. The summed E-state index contributed by atoms with van der Waals surface area (Å²) in [5, 5.41) is 25.8. The summed E-state index contributed by atoms with van der Waals surface area (Å²) >= 11 is 0. The molecule has 8 nitrogen and oxygen atoms in total. The van der Waals surface area contributed by atoms with Gasteiger partial charge >= 0.3 is 0 Å². The molecular formula is C18H26N4O4. The van der Waals surface area contributed by atoms with Crippen molar-refractivity contribution in [3.8, 4) is 0 Å². The SMILES string of the molecule is O=C(NC[C@H](O)COC1CCCCC1)c1cnn2cc(CCO)cnc12. The van der Waals surface area contributed by atoms with Gasteiger partial charge in [-0.2, -0.15) is 5.10 Å². The second-order valence-corrected chi connectivity index (χ2v) is 6.72. The van der Waals surface area contributed by atoms with E-state index in [1.54, 1.807) is 12.4 Å². The van der Waals surface area contributed by atoms with Crippen LogP contribution in [-0.4, -0.2) is 62.7 Å². The summed E-state index contributed by atoms with van der Waals surface area (Å²) in [5.41, 5.74) is 1.63. The van der Waals surface area contributed by atoms with Gasteiger partial charge in [0.2, 0.25) is 0 Å². The summed E-state index contributed by atoms with van der Waals surface area (Å²) in [4.78, 5) is 16.6. The first-order chi connectivity index (χ1) is 12.7. The maximum Gasteiger partial charge on any atom is 0.256 e. The van der Waals surface area contributed by atoms with E-state index in [-0.39, 0.29) is 31.8 Å². The molecule has 1 saturated carbocycles. The highest BCUT2D eigenvalue weighted by molar-refractivity contribution is 5.99. The van der Waals surface area contributed by atoms with E-state index in [1.165, 1.54) is 30.0 Å². The maximum atomic E-state index is 12.3. The number of hydrogen-bond donors (Lipinski definition) is 3. The van der Waals surface area contributed by atoms with Crippen molar-refractivity contribution in [1.29, 1.82) is 0 Å². The molecular weight excluding hydrogens is 336 g/mol. The van der Waals surface area contributed by atoms with Crippen LogP contribution in [0.5, 0.6) is 0 Å². The fourth-order valence-electron chi connectivity index (χ4n) is 3.18. The number of fused-ring (bicyclic) bond motifs is 1. The zero-order valence-electron chi connectivity index (χ0n) is 14.8. The van der Waals surface area contributed by atoms with Gasteiger partial charge in [0.1, 0.15) is 5.56 Å². The third-order valence-corrected chi connectivity index (χ3v) is 4.63. The van der Waals surface area contributed by atoms with Crippen LogP contribution in [0.3, 0.4) is 0 Å². The fraction of sp³-hybridized carbons (Fsp3) is 0.611. The van der Waals surface area contributed by atoms with Crippen molar-refractivity contribution < 1.29 is 19.7 Å². The Morgan fingerprint density at radius 2 is 2.15 bits per heavy atom. The molecule has 2 aromatic rings. The summed E-state index contributed by atoms with van der Waals surface area (Å²) in [6, 6.07) is 0. The molecule has 1 atom stereocenters. The molecule has 1 fully saturated rings. The van der Waals surface area contributed by atoms with Crippen molar-refractivity contribution in [2.24, 2.45) is 0 Å². The van der Waals surface area contributed by atoms with E-state index in [0.717, 1.165) is 18.4 Å². The Morgan fingerprint density at radius 3 is 2.92 bits per heavy atom. The normalized spacial score (nSPS) is 16.7. The molecule has 0 radical (unpaired) electrons. The van der Waals surface area contributed by atoms with Crippen LogP contribution < -0.4 is 5.32 Å². The second kappa shape index (κ2) is 9.07. The van der Waals surface area contributed by atoms with Crippen molar-refractivity contribution >= 4 is 11.6 Å². The monoisotopic (exact) mass is 362 g/mol. The largest absolute Gasteiger partial charge is 0.396 e. The molecule has 0 aromatic carbocycles. The predicted octanol–water partition coefficient (Wildman–Crippen LogP) is 0.704. The number of carbonyl (C=O) groups is 1. The molecule has 1 aliphatic rings. The summed E-state index contributed by atoms with van der Waals surface area (Å²) in [6.45, 7) is 0.372. The Kier molecular flexibility index (Phi) is 6.54. The first-order valence-corrected chi connectivity index (χ1v) is 9.18. The fourth-order valence-corrected chi connectivity index (χ4v) is 3.18. The van der Waals surface area contributed by atoms with Crippen LogP contribution in [-0.2, 0) is 11.2 Å². The number of ether oxygens (including phenoxy) is 1. The smallest absolute Gasteiger partial charge is 0.256 e. The average molecular weight is 362 g/mol. The first kappa shape index (κ1) is 18.8. The van der Waals surface area contributed by atoms with Gasteiger partial charge in [0.15, 0.2) is 5.65 Å². The van der Waals surface area contributed by atoms with Gasteiger partial charge in [-0.1, -0.05) is 19.3 Å². The highest BCUT2D eigenvalue weighted by Crippen LogP contribution is 2.20. The zero-order valence-corrected chi connectivity index (χ0v) is 14.8. The van der Waals surface area contributed by atoms with Crippen molar-refractivity contribution in [2.75, 3.05) is 19.8 Å². The van der Waals surface area contributed by atoms with E-state index in [9.17, 15) is 9.90 Å². The van der Waals surface area contributed by atoms with Crippen molar-refractivity contribution in [1.82, 2.24) is 19.9 Å². The van der Waals surface area contributed by atoms with Gasteiger partial charge in [-0.05, 0) is 24.8 Å².